The van der Waals surface area contributed by atoms with Gasteiger partial charge in [-0.05, 0) is 36.5 Å². The van der Waals surface area contributed by atoms with Crippen LogP contribution in [0, 0.1) is 0 Å². The summed E-state index contributed by atoms with van der Waals surface area (Å²) >= 11 is 6.57. The van der Waals surface area contributed by atoms with Gasteiger partial charge in [0.15, 0.2) is 5.11 Å². The van der Waals surface area contributed by atoms with E-state index in [1.165, 1.54) is 30.6 Å². The number of hydrogen-bond acceptors (Lipinski definition) is 3. The lowest BCUT2D eigenvalue weighted by Gasteiger charge is -2.23. The number of thiocarbonyl (C=S) groups is 1. The van der Waals surface area contributed by atoms with Crippen LogP contribution in [0.15, 0.2) is 17.5 Å². The van der Waals surface area contributed by atoms with Gasteiger partial charge in [-0.3, -0.25) is 10.1 Å². The van der Waals surface area contributed by atoms with Crippen molar-refractivity contribution in [3.63, 3.8) is 0 Å². The summed E-state index contributed by atoms with van der Waals surface area (Å²) in [6.45, 7) is 0. The molecule has 3 nitrogen and oxygen atoms in total. The van der Waals surface area contributed by atoms with Gasteiger partial charge in [0.1, 0.15) is 0 Å². The van der Waals surface area contributed by atoms with Gasteiger partial charge in [0.05, 0.1) is 4.88 Å². The maximum Gasteiger partial charge on any atom is 0.267 e. The van der Waals surface area contributed by atoms with Gasteiger partial charge in [-0.25, -0.2) is 0 Å². The SMILES string of the molecule is O=C(NC(=S)NC1CCCCC1)c1cccs1. The predicted octanol–water partition coefficient (Wildman–Crippen LogP) is 2.69. The Morgan fingerprint density at radius 3 is 2.76 bits per heavy atom. The van der Waals surface area contributed by atoms with Gasteiger partial charge in [0.2, 0.25) is 0 Å². The highest BCUT2D eigenvalue weighted by Crippen LogP contribution is 2.17. The van der Waals surface area contributed by atoms with E-state index in [2.05, 4.69) is 10.6 Å². The Hall–Kier alpha value is -0.940. The minimum Gasteiger partial charge on any atom is -0.360 e. The summed E-state index contributed by atoms with van der Waals surface area (Å²) in [5, 5.41) is 8.27. The van der Waals surface area contributed by atoms with E-state index in [4.69, 9.17) is 12.2 Å². The molecule has 1 aliphatic rings. The molecule has 0 radical (unpaired) electrons. The van der Waals surface area contributed by atoms with Crippen molar-refractivity contribution in [1.29, 1.82) is 0 Å². The summed E-state index contributed by atoms with van der Waals surface area (Å²) in [5.74, 6) is -0.117. The second-order valence-electron chi connectivity index (χ2n) is 4.24. The average Bonchev–Trinajstić information content (AvgIpc) is 2.83. The molecule has 0 aromatic carbocycles. The number of carbonyl (C=O) groups excluding carboxylic acids is 1. The minimum atomic E-state index is -0.117. The average molecular weight is 268 g/mol. The van der Waals surface area contributed by atoms with Crippen LogP contribution in [0.1, 0.15) is 41.8 Å². The van der Waals surface area contributed by atoms with Crippen molar-refractivity contribution in [2.24, 2.45) is 0 Å². The van der Waals surface area contributed by atoms with Gasteiger partial charge < -0.3 is 5.32 Å². The van der Waals surface area contributed by atoms with Crippen LogP contribution < -0.4 is 10.6 Å². The molecule has 1 saturated carbocycles. The molecule has 0 atom stereocenters. The van der Waals surface area contributed by atoms with Crippen LogP contribution in [0.5, 0.6) is 0 Å². The van der Waals surface area contributed by atoms with E-state index < -0.39 is 0 Å². The molecule has 1 fully saturated rings. The summed E-state index contributed by atoms with van der Waals surface area (Å²) in [4.78, 5) is 12.4. The van der Waals surface area contributed by atoms with Gasteiger partial charge in [-0.15, -0.1) is 11.3 Å². The minimum absolute atomic E-state index is 0.117. The van der Waals surface area contributed by atoms with Gasteiger partial charge in [0, 0.05) is 6.04 Å². The first kappa shape index (κ1) is 12.5. The predicted molar refractivity (Wildman–Crippen MR) is 74.4 cm³/mol. The van der Waals surface area contributed by atoms with Gasteiger partial charge >= 0.3 is 0 Å². The van der Waals surface area contributed by atoms with E-state index in [9.17, 15) is 4.79 Å². The summed E-state index contributed by atoms with van der Waals surface area (Å²) in [7, 11) is 0. The molecule has 5 heteroatoms. The quantitative estimate of drug-likeness (QED) is 0.810. The van der Waals surface area contributed by atoms with Gasteiger partial charge in [-0.1, -0.05) is 25.3 Å². The smallest absolute Gasteiger partial charge is 0.267 e. The summed E-state index contributed by atoms with van der Waals surface area (Å²) in [6, 6.07) is 4.08. The molecule has 0 bridgehead atoms. The third-order valence-corrected chi connectivity index (χ3v) is 4.00. The molecule has 0 unspecified atom stereocenters. The number of thiophene rings is 1. The molecular formula is C12H16N2OS2. The van der Waals surface area contributed by atoms with E-state index in [1.807, 2.05) is 11.4 Å². The Balaban J connectivity index is 1.78. The molecule has 1 aliphatic carbocycles. The third kappa shape index (κ3) is 3.78. The summed E-state index contributed by atoms with van der Waals surface area (Å²) < 4.78 is 0. The van der Waals surface area contributed by atoms with Crippen molar-refractivity contribution >= 4 is 34.6 Å². The molecule has 2 rings (SSSR count). The number of rotatable bonds is 2. The van der Waals surface area contributed by atoms with Crippen molar-refractivity contribution in [2.75, 3.05) is 0 Å². The van der Waals surface area contributed by atoms with Crippen molar-refractivity contribution in [2.45, 2.75) is 38.1 Å². The first-order valence-corrected chi connectivity index (χ1v) is 7.20. The number of nitrogens with one attached hydrogen (secondary N) is 2. The monoisotopic (exact) mass is 268 g/mol. The lowest BCUT2D eigenvalue weighted by molar-refractivity contribution is 0.0980. The Morgan fingerprint density at radius 2 is 2.12 bits per heavy atom. The first-order chi connectivity index (χ1) is 8.25. The molecule has 1 amide bonds. The van der Waals surface area contributed by atoms with Gasteiger partial charge in [-0.2, -0.15) is 0 Å². The molecule has 0 saturated heterocycles. The standard InChI is InChI=1S/C12H16N2OS2/c15-11(10-7-4-8-17-10)14-12(16)13-9-5-2-1-3-6-9/h4,7-9H,1-3,5-6H2,(H2,13,14,15,16). The van der Waals surface area contributed by atoms with Gasteiger partial charge in [0.25, 0.3) is 5.91 Å². The second-order valence-corrected chi connectivity index (χ2v) is 5.60. The number of carbonyl (C=O) groups is 1. The lowest BCUT2D eigenvalue weighted by atomic mass is 9.96. The highest BCUT2D eigenvalue weighted by molar-refractivity contribution is 7.80. The van der Waals surface area contributed by atoms with Crippen LogP contribution >= 0.6 is 23.6 Å². The molecule has 0 aliphatic heterocycles. The molecule has 17 heavy (non-hydrogen) atoms. The van der Waals surface area contributed by atoms with Crippen LogP contribution in [0.3, 0.4) is 0 Å². The van der Waals surface area contributed by atoms with Crippen LogP contribution in [0.25, 0.3) is 0 Å². The lowest BCUT2D eigenvalue weighted by Crippen LogP contribution is -2.44. The maximum atomic E-state index is 11.7. The normalized spacial score (nSPS) is 16.5. The van der Waals surface area contributed by atoms with E-state index in [0.717, 1.165) is 12.8 Å². The molecule has 2 N–H and O–H groups in total. The zero-order valence-electron chi connectivity index (χ0n) is 9.57. The van der Waals surface area contributed by atoms with Crippen molar-refractivity contribution in [3.05, 3.63) is 22.4 Å². The van der Waals surface area contributed by atoms with Crippen molar-refractivity contribution in [3.8, 4) is 0 Å². The van der Waals surface area contributed by atoms with E-state index in [1.54, 1.807) is 6.07 Å². The fraction of sp³-hybridized carbons (Fsp3) is 0.500. The number of amides is 1. The van der Waals surface area contributed by atoms with E-state index in [-0.39, 0.29) is 5.91 Å². The molecule has 1 aromatic heterocycles. The largest absolute Gasteiger partial charge is 0.360 e. The zero-order chi connectivity index (χ0) is 12.1. The third-order valence-electron chi connectivity index (χ3n) is 2.91. The fourth-order valence-electron chi connectivity index (χ4n) is 2.04. The van der Waals surface area contributed by atoms with Crippen LogP contribution in [-0.4, -0.2) is 17.1 Å². The topological polar surface area (TPSA) is 41.1 Å². The second kappa shape index (κ2) is 6.12. The Labute approximate surface area is 111 Å². The Bertz CT molecular complexity index is 383. The maximum absolute atomic E-state index is 11.7. The van der Waals surface area contributed by atoms with Crippen LogP contribution in [0.2, 0.25) is 0 Å². The van der Waals surface area contributed by atoms with Crippen molar-refractivity contribution in [1.82, 2.24) is 10.6 Å². The Morgan fingerprint density at radius 1 is 1.35 bits per heavy atom. The molecule has 1 heterocycles. The summed E-state index contributed by atoms with van der Waals surface area (Å²) in [6.07, 6.45) is 6.11. The molecule has 0 spiro atoms. The van der Waals surface area contributed by atoms with E-state index in [0.29, 0.717) is 16.0 Å². The van der Waals surface area contributed by atoms with Crippen molar-refractivity contribution < 1.29 is 4.79 Å². The van der Waals surface area contributed by atoms with Crippen LogP contribution in [0.4, 0.5) is 0 Å². The fourth-order valence-corrected chi connectivity index (χ4v) is 2.92. The first-order valence-electron chi connectivity index (χ1n) is 5.91. The van der Waals surface area contributed by atoms with E-state index >= 15 is 0 Å². The Kier molecular flexibility index (Phi) is 4.50. The molecule has 92 valence electrons. The highest BCUT2D eigenvalue weighted by Gasteiger charge is 2.15. The molecular weight excluding hydrogens is 252 g/mol. The summed E-state index contributed by atoms with van der Waals surface area (Å²) in [5.41, 5.74) is 0. The molecule has 1 aromatic rings. The zero-order valence-corrected chi connectivity index (χ0v) is 11.2. The van der Waals surface area contributed by atoms with Crippen LogP contribution in [-0.2, 0) is 0 Å². The highest BCUT2D eigenvalue weighted by atomic mass is 32.1. The number of hydrogen-bond donors (Lipinski definition) is 2.